The Labute approximate surface area is 111 Å². The predicted molar refractivity (Wildman–Crippen MR) is 70.5 cm³/mol. The van der Waals surface area contributed by atoms with E-state index in [9.17, 15) is 5.11 Å². The molecule has 0 aliphatic heterocycles. The van der Waals surface area contributed by atoms with Crippen molar-refractivity contribution in [2.45, 2.75) is 38.7 Å². The van der Waals surface area contributed by atoms with Crippen molar-refractivity contribution >= 4 is 11.5 Å². The molecule has 0 spiro atoms. The Morgan fingerprint density at radius 3 is 2.83 bits per heavy atom. The Morgan fingerprint density at radius 2 is 2.22 bits per heavy atom. The molecule has 1 N–H and O–H groups in total. The summed E-state index contributed by atoms with van der Waals surface area (Å²) in [7, 11) is 1.91. The SMILES string of the molecule is CC(C)c1nnsc1C(O)CCc1ccnn1C. The average molecular weight is 266 g/mol. The summed E-state index contributed by atoms with van der Waals surface area (Å²) in [5.41, 5.74) is 2.04. The average Bonchev–Trinajstić information content (AvgIpc) is 2.94. The highest BCUT2D eigenvalue weighted by Gasteiger charge is 2.19. The van der Waals surface area contributed by atoms with Crippen molar-refractivity contribution in [2.24, 2.45) is 7.05 Å². The zero-order chi connectivity index (χ0) is 13.1. The fraction of sp³-hybridized carbons (Fsp3) is 0.583. The monoisotopic (exact) mass is 266 g/mol. The van der Waals surface area contributed by atoms with E-state index in [1.54, 1.807) is 6.20 Å². The molecule has 98 valence electrons. The summed E-state index contributed by atoms with van der Waals surface area (Å²) in [4.78, 5) is 0.896. The van der Waals surface area contributed by atoms with Crippen molar-refractivity contribution in [2.75, 3.05) is 0 Å². The van der Waals surface area contributed by atoms with E-state index in [4.69, 9.17) is 0 Å². The maximum atomic E-state index is 10.2. The lowest BCUT2D eigenvalue weighted by atomic mass is 10.0. The van der Waals surface area contributed by atoms with E-state index in [1.165, 1.54) is 11.5 Å². The van der Waals surface area contributed by atoms with Crippen LogP contribution in [-0.2, 0) is 13.5 Å². The van der Waals surface area contributed by atoms with E-state index < -0.39 is 6.10 Å². The Morgan fingerprint density at radius 1 is 1.44 bits per heavy atom. The molecular weight excluding hydrogens is 248 g/mol. The summed E-state index contributed by atoms with van der Waals surface area (Å²) in [5.74, 6) is 0.296. The zero-order valence-corrected chi connectivity index (χ0v) is 11.7. The molecule has 0 aliphatic carbocycles. The van der Waals surface area contributed by atoms with Crippen LogP contribution >= 0.6 is 11.5 Å². The number of hydrogen-bond acceptors (Lipinski definition) is 5. The van der Waals surface area contributed by atoms with Gasteiger partial charge in [0.05, 0.1) is 16.7 Å². The largest absolute Gasteiger partial charge is 0.387 e. The number of nitrogens with zero attached hydrogens (tertiary/aromatic N) is 4. The van der Waals surface area contributed by atoms with E-state index in [0.717, 1.165) is 22.7 Å². The molecule has 1 unspecified atom stereocenters. The molecule has 2 rings (SSSR count). The van der Waals surface area contributed by atoms with Crippen LogP contribution in [0, 0.1) is 0 Å². The minimum absolute atomic E-state index is 0.296. The van der Waals surface area contributed by atoms with E-state index in [1.807, 2.05) is 17.8 Å². The Kier molecular flexibility index (Phi) is 4.08. The second kappa shape index (κ2) is 5.58. The molecule has 2 heterocycles. The van der Waals surface area contributed by atoms with Crippen LogP contribution in [0.4, 0.5) is 0 Å². The van der Waals surface area contributed by atoms with Crippen LogP contribution in [0.1, 0.15) is 48.6 Å². The molecule has 2 aromatic heterocycles. The van der Waals surface area contributed by atoms with Crippen LogP contribution < -0.4 is 0 Å². The van der Waals surface area contributed by atoms with Gasteiger partial charge in [-0.2, -0.15) is 5.10 Å². The van der Waals surface area contributed by atoms with Crippen molar-refractivity contribution in [3.8, 4) is 0 Å². The normalized spacial score (nSPS) is 13.2. The number of aliphatic hydroxyl groups is 1. The lowest BCUT2D eigenvalue weighted by Crippen LogP contribution is -2.05. The molecular formula is C12H18N4OS. The Hall–Kier alpha value is -1.27. The van der Waals surface area contributed by atoms with Gasteiger partial charge in [-0.3, -0.25) is 4.68 Å². The topological polar surface area (TPSA) is 63.8 Å². The van der Waals surface area contributed by atoms with Crippen LogP contribution in [0.3, 0.4) is 0 Å². The van der Waals surface area contributed by atoms with Gasteiger partial charge in [0.15, 0.2) is 0 Å². The lowest BCUT2D eigenvalue weighted by Gasteiger charge is -2.11. The fourth-order valence-corrected chi connectivity index (χ4v) is 2.72. The number of rotatable bonds is 5. The smallest absolute Gasteiger partial charge is 0.0920 e. The molecule has 6 heteroatoms. The highest BCUT2D eigenvalue weighted by molar-refractivity contribution is 7.05. The van der Waals surface area contributed by atoms with E-state index >= 15 is 0 Å². The number of aryl methyl sites for hydroxylation is 2. The lowest BCUT2D eigenvalue weighted by molar-refractivity contribution is 0.169. The molecule has 18 heavy (non-hydrogen) atoms. The van der Waals surface area contributed by atoms with Crippen LogP contribution in [0.25, 0.3) is 0 Å². The molecule has 0 aromatic carbocycles. The van der Waals surface area contributed by atoms with Crippen LogP contribution in [-0.4, -0.2) is 24.5 Å². The predicted octanol–water partition coefficient (Wildman–Crippen LogP) is 2.06. The van der Waals surface area contributed by atoms with Gasteiger partial charge in [0.1, 0.15) is 0 Å². The molecule has 0 saturated heterocycles. The maximum absolute atomic E-state index is 10.2. The molecule has 0 radical (unpaired) electrons. The Bertz CT molecular complexity index is 506. The van der Waals surface area contributed by atoms with Gasteiger partial charge >= 0.3 is 0 Å². The first kappa shape index (κ1) is 13.2. The number of aliphatic hydroxyl groups excluding tert-OH is 1. The van der Waals surface area contributed by atoms with Crippen molar-refractivity contribution in [1.29, 1.82) is 0 Å². The third-order valence-electron chi connectivity index (χ3n) is 2.99. The molecule has 5 nitrogen and oxygen atoms in total. The first-order valence-electron chi connectivity index (χ1n) is 6.06. The van der Waals surface area contributed by atoms with Gasteiger partial charge in [0.2, 0.25) is 0 Å². The molecule has 0 fully saturated rings. The third kappa shape index (κ3) is 2.76. The van der Waals surface area contributed by atoms with Gasteiger partial charge in [0, 0.05) is 18.9 Å². The van der Waals surface area contributed by atoms with Gasteiger partial charge in [-0.15, -0.1) is 5.10 Å². The summed E-state index contributed by atoms with van der Waals surface area (Å²) in [6, 6.07) is 1.97. The quantitative estimate of drug-likeness (QED) is 0.899. The van der Waals surface area contributed by atoms with Crippen LogP contribution in [0.15, 0.2) is 12.3 Å². The van der Waals surface area contributed by atoms with E-state index in [-0.39, 0.29) is 0 Å². The van der Waals surface area contributed by atoms with Crippen molar-refractivity contribution in [3.63, 3.8) is 0 Å². The van der Waals surface area contributed by atoms with Crippen molar-refractivity contribution in [1.82, 2.24) is 19.4 Å². The van der Waals surface area contributed by atoms with Gasteiger partial charge < -0.3 is 5.11 Å². The van der Waals surface area contributed by atoms with Crippen molar-refractivity contribution < 1.29 is 5.11 Å². The van der Waals surface area contributed by atoms with Gasteiger partial charge in [-0.05, 0) is 36.4 Å². The first-order valence-corrected chi connectivity index (χ1v) is 6.84. The highest BCUT2D eigenvalue weighted by Crippen LogP contribution is 2.28. The summed E-state index contributed by atoms with van der Waals surface area (Å²) in [6.45, 7) is 4.13. The fourth-order valence-electron chi connectivity index (χ4n) is 1.90. The maximum Gasteiger partial charge on any atom is 0.0920 e. The second-order valence-corrected chi connectivity index (χ2v) is 5.46. The summed E-state index contributed by atoms with van der Waals surface area (Å²) in [6.07, 6.45) is 2.75. The minimum atomic E-state index is -0.489. The highest BCUT2D eigenvalue weighted by atomic mass is 32.1. The van der Waals surface area contributed by atoms with Gasteiger partial charge in [-0.1, -0.05) is 18.3 Å². The standard InChI is InChI=1S/C12H18N4OS/c1-8(2)11-12(18-15-14-11)10(17)5-4-9-6-7-13-16(9)3/h6-8,10,17H,4-5H2,1-3H3. The minimum Gasteiger partial charge on any atom is -0.387 e. The van der Waals surface area contributed by atoms with E-state index in [2.05, 4.69) is 28.5 Å². The molecule has 0 aliphatic rings. The first-order chi connectivity index (χ1) is 8.59. The molecule has 0 saturated carbocycles. The summed E-state index contributed by atoms with van der Waals surface area (Å²) in [5, 5.41) is 18.4. The molecule has 2 aromatic rings. The van der Waals surface area contributed by atoms with Crippen LogP contribution in [0.5, 0.6) is 0 Å². The molecule has 1 atom stereocenters. The molecule has 0 amide bonds. The van der Waals surface area contributed by atoms with E-state index in [0.29, 0.717) is 12.3 Å². The van der Waals surface area contributed by atoms with Gasteiger partial charge in [-0.25, -0.2) is 0 Å². The number of hydrogen-bond donors (Lipinski definition) is 1. The zero-order valence-electron chi connectivity index (χ0n) is 10.9. The van der Waals surface area contributed by atoms with Crippen LogP contribution in [0.2, 0.25) is 0 Å². The van der Waals surface area contributed by atoms with Gasteiger partial charge in [0.25, 0.3) is 0 Å². The summed E-state index contributed by atoms with van der Waals surface area (Å²) >= 11 is 1.29. The third-order valence-corrected chi connectivity index (χ3v) is 3.83. The molecule has 0 bridgehead atoms. The Balaban J connectivity index is 2.01. The van der Waals surface area contributed by atoms with Crippen molar-refractivity contribution in [3.05, 3.63) is 28.5 Å². The summed E-state index contributed by atoms with van der Waals surface area (Å²) < 4.78 is 5.78. The number of aromatic nitrogens is 4. The second-order valence-electron chi connectivity index (χ2n) is 4.68.